The summed E-state index contributed by atoms with van der Waals surface area (Å²) in [6, 6.07) is 20.0. The van der Waals surface area contributed by atoms with Gasteiger partial charge >= 0.3 is 0 Å². The Morgan fingerprint density at radius 3 is 2.38 bits per heavy atom. The number of hydrogen-bond donors (Lipinski definition) is 0. The van der Waals surface area contributed by atoms with Crippen molar-refractivity contribution in [1.29, 1.82) is 0 Å². The Kier molecular flexibility index (Phi) is 4.89. The molecule has 0 saturated carbocycles. The molecular formula is C23H27N3. The van der Waals surface area contributed by atoms with E-state index in [-0.39, 0.29) is 0 Å². The van der Waals surface area contributed by atoms with Crippen LogP contribution in [0.25, 0.3) is 5.82 Å². The highest BCUT2D eigenvalue weighted by molar-refractivity contribution is 5.33. The van der Waals surface area contributed by atoms with Crippen LogP contribution in [0.3, 0.4) is 0 Å². The molecule has 4 rings (SSSR count). The van der Waals surface area contributed by atoms with Crippen molar-refractivity contribution in [2.24, 2.45) is 0 Å². The minimum Gasteiger partial charge on any atom is -0.303 e. The second-order valence-electron chi connectivity index (χ2n) is 7.37. The standard InChI is InChI=1S/C23H27N3/c1-18-11-12-19(2)26(18)23-14-13-21(16-24-23)22-10-6-7-15-25(22)17-20-8-4-3-5-9-20/h3-5,8-9,11-14,16,22H,6-7,10,15,17H2,1-2H3/t22-/m1/s1. The SMILES string of the molecule is Cc1ccc(C)n1-c1ccc([C@H]2CCCCN2Cc2ccccc2)cn1. The van der Waals surface area contributed by atoms with E-state index in [1.54, 1.807) is 0 Å². The highest BCUT2D eigenvalue weighted by Crippen LogP contribution is 2.32. The lowest BCUT2D eigenvalue weighted by molar-refractivity contribution is 0.140. The number of rotatable bonds is 4. The van der Waals surface area contributed by atoms with Gasteiger partial charge in [-0.2, -0.15) is 0 Å². The first-order valence-corrected chi connectivity index (χ1v) is 9.61. The van der Waals surface area contributed by atoms with Crippen molar-refractivity contribution in [2.45, 2.75) is 45.7 Å². The average Bonchev–Trinajstić information content (AvgIpc) is 3.02. The quantitative estimate of drug-likeness (QED) is 0.647. The summed E-state index contributed by atoms with van der Waals surface area (Å²) in [7, 11) is 0. The number of aromatic nitrogens is 2. The van der Waals surface area contributed by atoms with Gasteiger partial charge in [0, 0.05) is 30.2 Å². The maximum absolute atomic E-state index is 4.80. The van der Waals surface area contributed by atoms with Crippen molar-refractivity contribution in [2.75, 3.05) is 6.54 Å². The smallest absolute Gasteiger partial charge is 0.136 e. The molecule has 3 heterocycles. The van der Waals surface area contributed by atoms with Crippen LogP contribution in [-0.4, -0.2) is 21.0 Å². The van der Waals surface area contributed by atoms with E-state index in [9.17, 15) is 0 Å². The average molecular weight is 345 g/mol. The Labute approximate surface area is 156 Å². The molecule has 3 heteroatoms. The predicted octanol–water partition coefficient (Wildman–Crippen LogP) is 5.22. The van der Waals surface area contributed by atoms with E-state index in [4.69, 9.17) is 4.98 Å². The number of hydrogen-bond acceptors (Lipinski definition) is 2. The molecule has 1 aliphatic rings. The van der Waals surface area contributed by atoms with E-state index in [2.05, 4.69) is 84.1 Å². The van der Waals surface area contributed by atoms with Gasteiger partial charge in [0.1, 0.15) is 5.82 Å². The zero-order valence-corrected chi connectivity index (χ0v) is 15.7. The number of likely N-dealkylation sites (tertiary alicyclic amines) is 1. The number of nitrogens with zero attached hydrogens (tertiary/aromatic N) is 3. The van der Waals surface area contributed by atoms with Gasteiger partial charge in [-0.05, 0) is 62.6 Å². The molecule has 1 aromatic carbocycles. The Morgan fingerprint density at radius 1 is 0.923 bits per heavy atom. The highest BCUT2D eigenvalue weighted by atomic mass is 15.2. The number of piperidine rings is 1. The molecule has 26 heavy (non-hydrogen) atoms. The Bertz CT molecular complexity index is 829. The lowest BCUT2D eigenvalue weighted by Gasteiger charge is -2.36. The van der Waals surface area contributed by atoms with Crippen molar-refractivity contribution < 1.29 is 0 Å². The van der Waals surface area contributed by atoms with Gasteiger partial charge in [-0.25, -0.2) is 4.98 Å². The fourth-order valence-electron chi connectivity index (χ4n) is 4.13. The molecule has 3 aromatic rings. The molecule has 0 amide bonds. The Hall–Kier alpha value is -2.39. The van der Waals surface area contributed by atoms with Crippen LogP contribution < -0.4 is 0 Å². The predicted molar refractivity (Wildman–Crippen MR) is 106 cm³/mol. The van der Waals surface area contributed by atoms with Crippen LogP contribution in [0.1, 0.15) is 47.8 Å². The first-order chi connectivity index (χ1) is 12.7. The topological polar surface area (TPSA) is 21.1 Å². The molecule has 1 atom stereocenters. The lowest BCUT2D eigenvalue weighted by Crippen LogP contribution is -2.33. The largest absolute Gasteiger partial charge is 0.303 e. The zero-order valence-electron chi connectivity index (χ0n) is 15.7. The van der Waals surface area contributed by atoms with Gasteiger partial charge in [0.25, 0.3) is 0 Å². The lowest BCUT2D eigenvalue weighted by atomic mass is 9.95. The molecular weight excluding hydrogens is 318 g/mol. The third-order valence-corrected chi connectivity index (χ3v) is 5.50. The minimum absolute atomic E-state index is 0.470. The van der Waals surface area contributed by atoms with Crippen LogP contribution in [0, 0.1) is 13.8 Å². The number of aryl methyl sites for hydroxylation is 2. The third kappa shape index (κ3) is 3.45. The molecule has 0 radical (unpaired) electrons. The summed E-state index contributed by atoms with van der Waals surface area (Å²) in [5.74, 6) is 1.01. The van der Waals surface area contributed by atoms with Crippen molar-refractivity contribution in [3.63, 3.8) is 0 Å². The molecule has 0 bridgehead atoms. The summed E-state index contributed by atoms with van der Waals surface area (Å²) in [6.45, 7) is 6.44. The summed E-state index contributed by atoms with van der Waals surface area (Å²) in [4.78, 5) is 7.41. The summed E-state index contributed by atoms with van der Waals surface area (Å²) >= 11 is 0. The first kappa shape index (κ1) is 17.0. The monoisotopic (exact) mass is 345 g/mol. The first-order valence-electron chi connectivity index (χ1n) is 9.61. The van der Waals surface area contributed by atoms with Gasteiger partial charge in [0.15, 0.2) is 0 Å². The third-order valence-electron chi connectivity index (χ3n) is 5.50. The van der Waals surface area contributed by atoms with E-state index < -0.39 is 0 Å². The van der Waals surface area contributed by atoms with Gasteiger partial charge < -0.3 is 4.57 Å². The summed E-state index contributed by atoms with van der Waals surface area (Å²) in [6.07, 6.45) is 5.89. The van der Waals surface area contributed by atoms with Crippen LogP contribution in [0.2, 0.25) is 0 Å². The van der Waals surface area contributed by atoms with Gasteiger partial charge in [-0.1, -0.05) is 42.8 Å². The normalized spacial score (nSPS) is 18.2. The van der Waals surface area contributed by atoms with E-state index in [1.165, 1.54) is 41.8 Å². The van der Waals surface area contributed by atoms with Crippen molar-refractivity contribution in [3.05, 3.63) is 83.3 Å². The molecule has 134 valence electrons. The summed E-state index contributed by atoms with van der Waals surface area (Å²) in [5, 5.41) is 0. The molecule has 0 spiro atoms. The van der Waals surface area contributed by atoms with Crippen molar-refractivity contribution in [3.8, 4) is 5.82 Å². The fraction of sp³-hybridized carbons (Fsp3) is 0.348. The van der Waals surface area contributed by atoms with Gasteiger partial charge in [0.05, 0.1) is 0 Å². The molecule has 0 N–H and O–H groups in total. The second kappa shape index (κ2) is 7.46. The van der Waals surface area contributed by atoms with Crippen LogP contribution in [0.5, 0.6) is 0 Å². The van der Waals surface area contributed by atoms with Gasteiger partial charge in [0.2, 0.25) is 0 Å². The molecule has 1 saturated heterocycles. The van der Waals surface area contributed by atoms with Crippen molar-refractivity contribution >= 4 is 0 Å². The molecule has 1 fully saturated rings. The van der Waals surface area contributed by atoms with Crippen LogP contribution >= 0.6 is 0 Å². The Morgan fingerprint density at radius 2 is 1.69 bits per heavy atom. The highest BCUT2D eigenvalue weighted by Gasteiger charge is 2.24. The van der Waals surface area contributed by atoms with E-state index in [0.29, 0.717) is 6.04 Å². The van der Waals surface area contributed by atoms with Crippen LogP contribution in [0.4, 0.5) is 0 Å². The number of benzene rings is 1. The second-order valence-corrected chi connectivity index (χ2v) is 7.37. The molecule has 1 aliphatic heterocycles. The van der Waals surface area contributed by atoms with E-state index in [1.807, 2.05) is 0 Å². The number of pyridine rings is 1. The summed E-state index contributed by atoms with van der Waals surface area (Å²) < 4.78 is 2.21. The van der Waals surface area contributed by atoms with Gasteiger partial charge in [-0.15, -0.1) is 0 Å². The maximum atomic E-state index is 4.80. The van der Waals surface area contributed by atoms with Crippen LogP contribution in [0.15, 0.2) is 60.8 Å². The minimum atomic E-state index is 0.470. The molecule has 0 aliphatic carbocycles. The molecule has 2 aromatic heterocycles. The molecule has 0 unspecified atom stereocenters. The fourth-order valence-corrected chi connectivity index (χ4v) is 4.13. The summed E-state index contributed by atoms with van der Waals surface area (Å²) in [5.41, 5.74) is 5.19. The zero-order chi connectivity index (χ0) is 17.9. The van der Waals surface area contributed by atoms with Crippen LogP contribution in [-0.2, 0) is 6.54 Å². The molecule has 3 nitrogen and oxygen atoms in total. The van der Waals surface area contributed by atoms with E-state index >= 15 is 0 Å². The van der Waals surface area contributed by atoms with Crippen molar-refractivity contribution in [1.82, 2.24) is 14.5 Å². The van der Waals surface area contributed by atoms with E-state index in [0.717, 1.165) is 18.9 Å². The Balaban J connectivity index is 1.57. The maximum Gasteiger partial charge on any atom is 0.136 e. The van der Waals surface area contributed by atoms with Gasteiger partial charge in [-0.3, -0.25) is 4.90 Å².